The molecular formula is C18H23F2N5O. The van der Waals surface area contributed by atoms with E-state index in [1.807, 2.05) is 6.92 Å². The number of hydrogen-bond donors (Lipinski definition) is 0. The Kier molecular flexibility index (Phi) is 5.92. The molecule has 0 unspecified atom stereocenters. The predicted octanol–water partition coefficient (Wildman–Crippen LogP) is 2.16. The van der Waals surface area contributed by atoms with Crippen molar-refractivity contribution in [3.8, 4) is 0 Å². The van der Waals surface area contributed by atoms with Crippen LogP contribution in [0, 0.1) is 11.6 Å². The fourth-order valence-electron chi connectivity index (χ4n) is 3.15. The number of carbonyl (C=O) groups excluding carboxylic acids is 1. The van der Waals surface area contributed by atoms with Gasteiger partial charge in [-0.05, 0) is 45.0 Å². The summed E-state index contributed by atoms with van der Waals surface area (Å²) in [6.07, 6.45) is 3.86. The van der Waals surface area contributed by atoms with Crippen LogP contribution < -0.4 is 0 Å². The minimum atomic E-state index is -0.644. The van der Waals surface area contributed by atoms with Crippen molar-refractivity contribution in [2.75, 3.05) is 32.7 Å². The van der Waals surface area contributed by atoms with Gasteiger partial charge >= 0.3 is 0 Å². The summed E-state index contributed by atoms with van der Waals surface area (Å²) in [6, 6.07) is 3.70. The first-order chi connectivity index (χ1) is 12.6. The summed E-state index contributed by atoms with van der Waals surface area (Å²) >= 11 is 0. The Balaban J connectivity index is 1.64. The minimum absolute atomic E-state index is 0.0993. The Morgan fingerprint density at radius 3 is 2.58 bits per heavy atom. The maximum absolute atomic E-state index is 13.8. The van der Waals surface area contributed by atoms with E-state index in [0.29, 0.717) is 13.1 Å². The van der Waals surface area contributed by atoms with Crippen LogP contribution in [0.3, 0.4) is 0 Å². The molecule has 0 radical (unpaired) electrons. The maximum Gasteiger partial charge on any atom is 0.276 e. The lowest BCUT2D eigenvalue weighted by molar-refractivity contribution is 0.0743. The van der Waals surface area contributed by atoms with Crippen molar-refractivity contribution in [1.29, 1.82) is 0 Å². The smallest absolute Gasteiger partial charge is 0.276 e. The summed E-state index contributed by atoms with van der Waals surface area (Å²) in [5.74, 6) is -1.50. The summed E-state index contributed by atoms with van der Waals surface area (Å²) < 4.78 is 28.8. The zero-order valence-electron chi connectivity index (χ0n) is 14.9. The normalized spacial score (nSPS) is 14.7. The molecule has 0 aliphatic carbocycles. The lowest BCUT2D eigenvalue weighted by atomic mass is 10.2. The Morgan fingerprint density at radius 1 is 1.23 bits per heavy atom. The van der Waals surface area contributed by atoms with E-state index in [0.717, 1.165) is 19.6 Å². The molecule has 0 N–H and O–H groups in total. The molecule has 1 fully saturated rings. The Labute approximate surface area is 151 Å². The second-order valence-electron chi connectivity index (χ2n) is 6.44. The molecule has 0 saturated carbocycles. The molecule has 0 bridgehead atoms. The fraction of sp³-hybridized carbons (Fsp3) is 0.500. The van der Waals surface area contributed by atoms with Crippen LogP contribution in [0.4, 0.5) is 8.78 Å². The van der Waals surface area contributed by atoms with Gasteiger partial charge in [0, 0.05) is 25.2 Å². The highest BCUT2D eigenvalue weighted by Gasteiger charge is 2.20. The number of carbonyl (C=O) groups is 1. The molecule has 140 valence electrons. The van der Waals surface area contributed by atoms with Crippen LogP contribution in [0.5, 0.6) is 0 Å². The third-order valence-electron chi connectivity index (χ3n) is 4.69. The number of hydrogen-bond acceptors (Lipinski definition) is 4. The average molecular weight is 363 g/mol. The zero-order valence-corrected chi connectivity index (χ0v) is 14.9. The third kappa shape index (κ3) is 4.24. The van der Waals surface area contributed by atoms with E-state index in [2.05, 4.69) is 15.2 Å². The highest BCUT2D eigenvalue weighted by atomic mass is 19.1. The van der Waals surface area contributed by atoms with Crippen LogP contribution in [0.25, 0.3) is 0 Å². The van der Waals surface area contributed by atoms with Gasteiger partial charge in [0.1, 0.15) is 11.6 Å². The van der Waals surface area contributed by atoms with Crippen LogP contribution in [-0.2, 0) is 6.54 Å². The van der Waals surface area contributed by atoms with Crippen molar-refractivity contribution < 1.29 is 13.6 Å². The standard InChI is InChI=1S/C18H23F2N5O/c1-2-24(11-10-23-8-3-4-9-23)18(26)17-13-25(22-21-17)12-14-15(19)6-5-7-16(14)20/h5-7,13H,2-4,8-12H2,1H3. The summed E-state index contributed by atoms with van der Waals surface area (Å²) in [4.78, 5) is 16.7. The van der Waals surface area contributed by atoms with E-state index in [9.17, 15) is 13.6 Å². The highest BCUT2D eigenvalue weighted by Crippen LogP contribution is 2.14. The fourth-order valence-corrected chi connectivity index (χ4v) is 3.15. The number of halogens is 2. The number of amides is 1. The molecule has 1 aliphatic rings. The molecule has 1 aliphatic heterocycles. The number of nitrogens with zero attached hydrogens (tertiary/aromatic N) is 5. The van der Waals surface area contributed by atoms with E-state index in [1.165, 1.54) is 41.9 Å². The van der Waals surface area contributed by atoms with E-state index >= 15 is 0 Å². The van der Waals surface area contributed by atoms with Gasteiger partial charge < -0.3 is 9.80 Å². The Hall–Kier alpha value is -2.35. The summed E-state index contributed by atoms with van der Waals surface area (Å²) in [5.41, 5.74) is 0.0859. The van der Waals surface area contributed by atoms with Gasteiger partial charge in [-0.25, -0.2) is 13.5 Å². The zero-order chi connectivity index (χ0) is 18.5. The van der Waals surface area contributed by atoms with Gasteiger partial charge in [-0.2, -0.15) is 0 Å². The van der Waals surface area contributed by atoms with Gasteiger partial charge in [0.15, 0.2) is 5.69 Å². The van der Waals surface area contributed by atoms with Gasteiger partial charge in [-0.15, -0.1) is 5.10 Å². The van der Waals surface area contributed by atoms with Crippen molar-refractivity contribution in [1.82, 2.24) is 24.8 Å². The molecule has 1 aromatic heterocycles. The second kappa shape index (κ2) is 8.35. The number of benzene rings is 1. The number of aromatic nitrogens is 3. The van der Waals surface area contributed by atoms with Crippen LogP contribution in [0.2, 0.25) is 0 Å². The molecule has 0 spiro atoms. The van der Waals surface area contributed by atoms with E-state index in [-0.39, 0.29) is 23.7 Å². The van der Waals surface area contributed by atoms with Gasteiger partial charge in [0.2, 0.25) is 0 Å². The first-order valence-corrected chi connectivity index (χ1v) is 8.93. The third-order valence-corrected chi connectivity index (χ3v) is 4.69. The number of likely N-dealkylation sites (N-methyl/N-ethyl adjacent to an activating group) is 1. The molecule has 3 rings (SSSR count). The summed E-state index contributed by atoms with van der Waals surface area (Å²) in [7, 11) is 0. The van der Waals surface area contributed by atoms with Gasteiger partial charge in [-0.1, -0.05) is 11.3 Å². The molecule has 0 atom stereocenters. The van der Waals surface area contributed by atoms with Gasteiger partial charge in [0.05, 0.1) is 12.7 Å². The first kappa shape index (κ1) is 18.4. The molecule has 2 aromatic rings. The van der Waals surface area contributed by atoms with Crippen LogP contribution in [0.15, 0.2) is 24.4 Å². The quantitative estimate of drug-likeness (QED) is 0.757. The molecule has 1 amide bonds. The lowest BCUT2D eigenvalue weighted by Crippen LogP contribution is -2.38. The van der Waals surface area contributed by atoms with Crippen molar-refractivity contribution in [3.05, 3.63) is 47.3 Å². The molecule has 1 aromatic carbocycles. The molecule has 1 saturated heterocycles. The van der Waals surface area contributed by atoms with Gasteiger partial charge in [0.25, 0.3) is 5.91 Å². The monoisotopic (exact) mass is 363 g/mol. The molecule has 2 heterocycles. The van der Waals surface area contributed by atoms with E-state index in [1.54, 1.807) is 4.90 Å². The SMILES string of the molecule is CCN(CCN1CCCC1)C(=O)c1cn(Cc2c(F)cccc2F)nn1. The van der Waals surface area contributed by atoms with Crippen molar-refractivity contribution >= 4 is 5.91 Å². The van der Waals surface area contributed by atoms with Gasteiger partial charge in [-0.3, -0.25) is 4.79 Å². The first-order valence-electron chi connectivity index (χ1n) is 8.93. The van der Waals surface area contributed by atoms with E-state index in [4.69, 9.17) is 0 Å². The number of likely N-dealkylation sites (tertiary alicyclic amines) is 1. The Bertz CT molecular complexity index is 738. The van der Waals surface area contributed by atoms with Crippen LogP contribution >= 0.6 is 0 Å². The topological polar surface area (TPSA) is 54.3 Å². The summed E-state index contributed by atoms with van der Waals surface area (Å²) in [6.45, 7) is 6.01. The second-order valence-corrected chi connectivity index (χ2v) is 6.44. The predicted molar refractivity (Wildman–Crippen MR) is 92.7 cm³/mol. The average Bonchev–Trinajstić information content (AvgIpc) is 3.30. The summed E-state index contributed by atoms with van der Waals surface area (Å²) in [5, 5.41) is 7.73. The molecule has 6 nitrogen and oxygen atoms in total. The lowest BCUT2D eigenvalue weighted by Gasteiger charge is -2.23. The maximum atomic E-state index is 13.8. The molecule has 26 heavy (non-hydrogen) atoms. The van der Waals surface area contributed by atoms with Crippen molar-refractivity contribution in [2.24, 2.45) is 0 Å². The highest BCUT2D eigenvalue weighted by molar-refractivity contribution is 5.91. The van der Waals surface area contributed by atoms with Crippen molar-refractivity contribution in [2.45, 2.75) is 26.3 Å². The van der Waals surface area contributed by atoms with Crippen molar-refractivity contribution in [3.63, 3.8) is 0 Å². The van der Waals surface area contributed by atoms with Crippen LogP contribution in [0.1, 0.15) is 35.8 Å². The minimum Gasteiger partial charge on any atom is -0.336 e. The van der Waals surface area contributed by atoms with Crippen LogP contribution in [-0.4, -0.2) is 63.4 Å². The Morgan fingerprint density at radius 2 is 1.92 bits per heavy atom. The largest absolute Gasteiger partial charge is 0.336 e. The van der Waals surface area contributed by atoms with E-state index < -0.39 is 11.6 Å². The molecule has 8 heteroatoms. The molecular weight excluding hydrogens is 340 g/mol. The number of rotatable bonds is 7.